The van der Waals surface area contributed by atoms with Gasteiger partial charge in [0.2, 0.25) is 5.91 Å². The minimum atomic E-state index is -0.462. The molecule has 0 radical (unpaired) electrons. The Balaban J connectivity index is 1.76. The zero-order chi connectivity index (χ0) is 17.5. The van der Waals surface area contributed by atoms with E-state index >= 15 is 0 Å². The number of amides is 2. The molecule has 0 aliphatic carbocycles. The van der Waals surface area contributed by atoms with Crippen molar-refractivity contribution in [2.75, 3.05) is 0 Å². The van der Waals surface area contributed by atoms with Crippen LogP contribution in [0.15, 0.2) is 41.0 Å². The van der Waals surface area contributed by atoms with Crippen LogP contribution >= 0.6 is 15.9 Å². The maximum atomic E-state index is 12.0. The summed E-state index contributed by atoms with van der Waals surface area (Å²) in [6.07, 6.45) is 2.61. The second kappa shape index (κ2) is 8.44. The number of aromatic nitrogens is 1. The largest absolute Gasteiger partial charge is 0.356 e. The quantitative estimate of drug-likeness (QED) is 0.522. The smallest absolute Gasteiger partial charge is 0.286 e. The molecule has 6 nitrogen and oxygen atoms in total. The van der Waals surface area contributed by atoms with Crippen LogP contribution in [0.5, 0.6) is 0 Å². The van der Waals surface area contributed by atoms with Gasteiger partial charge in [0, 0.05) is 29.1 Å². The second-order valence-corrected chi connectivity index (χ2v) is 6.12. The van der Waals surface area contributed by atoms with Gasteiger partial charge >= 0.3 is 0 Å². The molecule has 0 saturated heterocycles. The number of benzene rings is 1. The van der Waals surface area contributed by atoms with Gasteiger partial charge in [-0.15, -0.1) is 0 Å². The standard InChI is InChI=1S/C17H18BrN3O3/c1-2-11-3-5-12(6-4-11)15(22)7-8-16(23)20-21-17(24)14-9-13(18)10-19-14/h3-6,9-10,19H,2,7-8H2,1H3,(H,20,23)(H,21,24). The molecule has 0 spiro atoms. The summed E-state index contributed by atoms with van der Waals surface area (Å²) >= 11 is 3.22. The number of rotatable bonds is 6. The molecule has 0 bridgehead atoms. The van der Waals surface area contributed by atoms with Gasteiger partial charge < -0.3 is 4.98 Å². The number of hydrazine groups is 1. The molecule has 1 aromatic heterocycles. The SMILES string of the molecule is CCc1ccc(C(=O)CCC(=O)NNC(=O)c2cc(Br)c[nH]2)cc1. The first-order valence-electron chi connectivity index (χ1n) is 7.55. The second-order valence-electron chi connectivity index (χ2n) is 5.21. The minimum Gasteiger partial charge on any atom is -0.356 e. The Morgan fingerprint density at radius 3 is 2.38 bits per heavy atom. The number of aryl methyl sites for hydroxylation is 1. The fourth-order valence-electron chi connectivity index (χ4n) is 2.05. The van der Waals surface area contributed by atoms with Crippen molar-refractivity contribution >= 4 is 33.5 Å². The third-order valence-corrected chi connectivity index (χ3v) is 3.93. The summed E-state index contributed by atoms with van der Waals surface area (Å²) in [5.41, 5.74) is 6.63. The van der Waals surface area contributed by atoms with Crippen LogP contribution in [0, 0.1) is 0 Å². The first-order chi connectivity index (χ1) is 11.5. The van der Waals surface area contributed by atoms with Gasteiger partial charge in [-0.25, -0.2) is 0 Å². The van der Waals surface area contributed by atoms with Crippen molar-refractivity contribution in [3.8, 4) is 0 Å². The number of nitrogens with one attached hydrogen (secondary N) is 3. The summed E-state index contributed by atoms with van der Waals surface area (Å²) in [4.78, 5) is 38.2. The summed E-state index contributed by atoms with van der Waals surface area (Å²) in [6, 6.07) is 8.93. The molecular formula is C17H18BrN3O3. The number of ketones is 1. The highest BCUT2D eigenvalue weighted by Gasteiger charge is 2.11. The van der Waals surface area contributed by atoms with Crippen LogP contribution in [-0.4, -0.2) is 22.6 Å². The van der Waals surface area contributed by atoms with Crippen molar-refractivity contribution in [1.82, 2.24) is 15.8 Å². The molecule has 0 unspecified atom stereocenters. The van der Waals surface area contributed by atoms with E-state index in [-0.39, 0.29) is 18.6 Å². The van der Waals surface area contributed by atoms with Crippen molar-refractivity contribution in [3.05, 3.63) is 57.8 Å². The van der Waals surface area contributed by atoms with E-state index in [1.54, 1.807) is 24.4 Å². The lowest BCUT2D eigenvalue weighted by Gasteiger charge is -2.06. The summed E-state index contributed by atoms with van der Waals surface area (Å²) in [5.74, 6) is -0.990. The average molecular weight is 392 g/mol. The molecule has 1 heterocycles. The lowest BCUT2D eigenvalue weighted by Crippen LogP contribution is -2.41. The van der Waals surface area contributed by atoms with Crippen LogP contribution in [-0.2, 0) is 11.2 Å². The number of halogens is 1. The molecule has 0 aliphatic rings. The predicted octanol–water partition coefficient (Wildman–Crippen LogP) is 2.76. The predicted molar refractivity (Wildman–Crippen MR) is 93.5 cm³/mol. The topological polar surface area (TPSA) is 91.1 Å². The molecule has 0 atom stereocenters. The fraction of sp³-hybridized carbons (Fsp3) is 0.235. The Morgan fingerprint density at radius 1 is 1.08 bits per heavy atom. The van der Waals surface area contributed by atoms with Gasteiger partial charge in [-0.3, -0.25) is 25.2 Å². The van der Waals surface area contributed by atoms with Gasteiger partial charge in [0.25, 0.3) is 5.91 Å². The Kier molecular flexibility index (Phi) is 6.31. The van der Waals surface area contributed by atoms with Crippen molar-refractivity contribution in [2.24, 2.45) is 0 Å². The monoisotopic (exact) mass is 391 g/mol. The van der Waals surface area contributed by atoms with E-state index in [4.69, 9.17) is 0 Å². The zero-order valence-corrected chi connectivity index (χ0v) is 14.8. The molecule has 126 valence electrons. The Morgan fingerprint density at radius 2 is 1.79 bits per heavy atom. The molecule has 0 saturated carbocycles. The summed E-state index contributed by atoms with van der Waals surface area (Å²) < 4.78 is 0.735. The van der Waals surface area contributed by atoms with Crippen LogP contribution in [0.25, 0.3) is 0 Å². The van der Waals surface area contributed by atoms with E-state index in [0.717, 1.165) is 16.5 Å². The highest BCUT2D eigenvalue weighted by Crippen LogP contribution is 2.10. The van der Waals surface area contributed by atoms with Crippen molar-refractivity contribution in [1.29, 1.82) is 0 Å². The van der Waals surface area contributed by atoms with Gasteiger partial charge in [-0.2, -0.15) is 0 Å². The first kappa shape index (κ1) is 17.9. The van der Waals surface area contributed by atoms with E-state index in [2.05, 4.69) is 31.8 Å². The van der Waals surface area contributed by atoms with Crippen LogP contribution in [0.4, 0.5) is 0 Å². The van der Waals surface area contributed by atoms with Gasteiger partial charge in [-0.1, -0.05) is 31.2 Å². The average Bonchev–Trinajstić information content (AvgIpc) is 3.04. The van der Waals surface area contributed by atoms with Gasteiger partial charge in [0.15, 0.2) is 5.78 Å². The lowest BCUT2D eigenvalue weighted by atomic mass is 10.0. The lowest BCUT2D eigenvalue weighted by molar-refractivity contribution is -0.121. The number of Topliss-reactive ketones (excluding diaryl/α,β-unsaturated/α-hetero) is 1. The van der Waals surface area contributed by atoms with E-state index in [1.165, 1.54) is 0 Å². The molecule has 2 amide bonds. The Labute approximate surface area is 148 Å². The Bertz CT molecular complexity index is 738. The first-order valence-corrected chi connectivity index (χ1v) is 8.34. The zero-order valence-electron chi connectivity index (χ0n) is 13.2. The van der Waals surface area contributed by atoms with Gasteiger partial charge in [-0.05, 0) is 34.0 Å². The highest BCUT2D eigenvalue weighted by molar-refractivity contribution is 9.10. The number of H-pyrrole nitrogens is 1. The summed E-state index contributed by atoms with van der Waals surface area (Å²) in [5, 5.41) is 0. The number of carbonyl (C=O) groups is 3. The Hall–Kier alpha value is -2.41. The van der Waals surface area contributed by atoms with Crippen LogP contribution in [0.3, 0.4) is 0 Å². The van der Waals surface area contributed by atoms with Gasteiger partial charge in [0.1, 0.15) is 5.69 Å². The molecule has 2 rings (SSSR count). The summed E-state index contributed by atoms with van der Waals surface area (Å²) in [7, 11) is 0. The molecule has 2 aromatic rings. The molecule has 7 heteroatoms. The number of carbonyl (C=O) groups excluding carboxylic acids is 3. The fourth-order valence-corrected chi connectivity index (χ4v) is 2.40. The van der Waals surface area contributed by atoms with E-state index in [1.807, 2.05) is 19.1 Å². The molecule has 0 aliphatic heterocycles. The van der Waals surface area contributed by atoms with Crippen molar-refractivity contribution in [3.63, 3.8) is 0 Å². The summed E-state index contributed by atoms with van der Waals surface area (Å²) in [6.45, 7) is 2.04. The third kappa shape index (κ3) is 5.06. The molecule has 1 aromatic carbocycles. The maximum absolute atomic E-state index is 12.0. The number of aromatic amines is 1. The van der Waals surface area contributed by atoms with Crippen LogP contribution in [0.2, 0.25) is 0 Å². The normalized spacial score (nSPS) is 10.2. The van der Waals surface area contributed by atoms with E-state index in [9.17, 15) is 14.4 Å². The van der Waals surface area contributed by atoms with E-state index in [0.29, 0.717) is 11.3 Å². The molecule has 0 fully saturated rings. The van der Waals surface area contributed by atoms with Crippen molar-refractivity contribution in [2.45, 2.75) is 26.2 Å². The number of hydrogen-bond donors (Lipinski definition) is 3. The maximum Gasteiger partial charge on any atom is 0.286 e. The molecule has 24 heavy (non-hydrogen) atoms. The van der Waals surface area contributed by atoms with Gasteiger partial charge in [0.05, 0.1) is 0 Å². The molecule has 3 N–H and O–H groups in total. The van der Waals surface area contributed by atoms with Crippen molar-refractivity contribution < 1.29 is 14.4 Å². The highest BCUT2D eigenvalue weighted by atomic mass is 79.9. The molecular weight excluding hydrogens is 374 g/mol. The van der Waals surface area contributed by atoms with E-state index < -0.39 is 11.8 Å². The van der Waals surface area contributed by atoms with Crippen LogP contribution in [0.1, 0.15) is 46.2 Å². The minimum absolute atomic E-state index is 0.00304. The third-order valence-electron chi connectivity index (χ3n) is 3.47. The van der Waals surface area contributed by atoms with Crippen LogP contribution < -0.4 is 10.9 Å². The number of hydrogen-bond acceptors (Lipinski definition) is 3.